The average molecular weight is 317 g/mol. The molecule has 1 aromatic heterocycles. The third-order valence-corrected chi connectivity index (χ3v) is 7.94. The lowest BCUT2D eigenvalue weighted by molar-refractivity contribution is 0.0594. The number of fused-ring (bicyclic) bond motifs is 1. The summed E-state index contributed by atoms with van der Waals surface area (Å²) in [5.41, 5.74) is 2.19. The van der Waals surface area contributed by atoms with Crippen molar-refractivity contribution < 1.29 is 14.3 Å². The Balaban J connectivity index is 2.39. The number of pyridine rings is 1. The second-order valence-corrected chi connectivity index (χ2v) is 11.3. The van der Waals surface area contributed by atoms with Crippen LogP contribution in [-0.4, -0.2) is 31.2 Å². The van der Waals surface area contributed by atoms with E-state index in [0.29, 0.717) is 5.69 Å². The first-order valence-corrected chi connectivity index (χ1v) is 10.3. The van der Waals surface area contributed by atoms with Gasteiger partial charge in [-0.05, 0) is 42.2 Å². The van der Waals surface area contributed by atoms with Gasteiger partial charge in [-0.1, -0.05) is 32.0 Å². The molecule has 0 spiro atoms. The van der Waals surface area contributed by atoms with Gasteiger partial charge in [-0.3, -0.25) is 0 Å². The van der Waals surface area contributed by atoms with Gasteiger partial charge in [0.1, 0.15) is 5.69 Å². The van der Waals surface area contributed by atoms with Crippen molar-refractivity contribution in [3.8, 4) is 0 Å². The van der Waals surface area contributed by atoms with Crippen LogP contribution in [0.3, 0.4) is 0 Å². The van der Waals surface area contributed by atoms with Crippen molar-refractivity contribution in [2.75, 3.05) is 7.11 Å². The summed E-state index contributed by atoms with van der Waals surface area (Å²) in [6, 6.07) is 9.59. The fourth-order valence-corrected chi connectivity index (χ4v) is 2.85. The van der Waals surface area contributed by atoms with Crippen molar-refractivity contribution in [1.82, 2.24) is 4.98 Å². The Hall–Kier alpha value is -1.72. The first-order valence-electron chi connectivity index (χ1n) is 7.34. The lowest BCUT2D eigenvalue weighted by Crippen LogP contribution is -2.40. The Bertz CT molecular complexity index is 705. The number of nitrogens with zero attached hydrogens (tertiary/aromatic N) is 1. The van der Waals surface area contributed by atoms with Gasteiger partial charge in [0.15, 0.2) is 8.32 Å². The molecule has 0 amide bonds. The van der Waals surface area contributed by atoms with Crippen LogP contribution in [-0.2, 0) is 11.2 Å². The molecule has 1 N–H and O–H groups in total. The number of carbonyl (C=O) groups is 1. The molecule has 0 aliphatic rings. The molecule has 1 heterocycles. The van der Waals surface area contributed by atoms with Crippen LogP contribution in [0.5, 0.6) is 0 Å². The lowest BCUT2D eigenvalue weighted by Gasteiger charge is -2.35. The van der Waals surface area contributed by atoms with Gasteiger partial charge < -0.3 is 9.53 Å². The van der Waals surface area contributed by atoms with Gasteiger partial charge in [0, 0.05) is 5.39 Å². The summed E-state index contributed by atoms with van der Waals surface area (Å²) in [5, 5.41) is 0.843. The van der Waals surface area contributed by atoms with E-state index in [1.165, 1.54) is 7.11 Å². The van der Waals surface area contributed by atoms with E-state index in [0.717, 1.165) is 22.9 Å². The van der Waals surface area contributed by atoms with Crippen LogP contribution < -0.4 is 0 Å². The number of hydrogen-bond acceptors (Lipinski definition) is 4. The number of rotatable bonds is 4. The van der Waals surface area contributed by atoms with Crippen LogP contribution in [0.2, 0.25) is 18.1 Å². The minimum atomic E-state index is -2.26. The molecule has 0 saturated heterocycles. The Morgan fingerprint density at radius 2 is 1.91 bits per heavy atom. The Kier molecular flexibility index (Phi) is 4.40. The van der Waals surface area contributed by atoms with Crippen molar-refractivity contribution in [3.63, 3.8) is 0 Å². The molecule has 0 aliphatic heterocycles. The van der Waals surface area contributed by atoms with E-state index in [9.17, 15) is 9.59 Å². The first-order chi connectivity index (χ1) is 10.1. The molecule has 0 aliphatic carbocycles. The van der Waals surface area contributed by atoms with Gasteiger partial charge in [0.05, 0.1) is 12.6 Å². The molecule has 0 saturated carbocycles. The highest BCUT2D eigenvalue weighted by Gasteiger charge is 2.37. The third kappa shape index (κ3) is 3.36. The van der Waals surface area contributed by atoms with Crippen LogP contribution in [0.1, 0.15) is 29.9 Å². The second kappa shape index (κ2) is 5.82. The van der Waals surface area contributed by atoms with Crippen LogP contribution >= 0.6 is 0 Å². The molecule has 1 aromatic carbocycles. The normalized spacial score (nSPS) is 12.5. The molecule has 2 aromatic rings. The van der Waals surface area contributed by atoms with Gasteiger partial charge in [0.25, 0.3) is 0 Å². The van der Waals surface area contributed by atoms with E-state index in [2.05, 4.69) is 24.9 Å². The lowest BCUT2D eigenvalue weighted by atomic mass is 10.0. The number of ether oxygens (including phenoxy) is 1. The molecular weight excluding hydrogens is 294 g/mol. The number of carbonyl (C=O) groups excluding carboxylic acids is 1. The molecule has 22 heavy (non-hydrogen) atoms. The van der Waals surface area contributed by atoms with E-state index >= 15 is 0 Å². The summed E-state index contributed by atoms with van der Waals surface area (Å²) < 4.78 is 4.71. The second-order valence-electron chi connectivity index (χ2n) is 6.83. The van der Waals surface area contributed by atoms with Gasteiger partial charge in [0.2, 0.25) is 0 Å². The monoisotopic (exact) mass is 317 g/mol. The molecule has 2 rings (SSSR count). The summed E-state index contributed by atoms with van der Waals surface area (Å²) in [5.74, 6) is -0.434. The zero-order chi connectivity index (χ0) is 16.5. The molecular formula is C17H23NO3Si. The average Bonchev–Trinajstić information content (AvgIpc) is 2.44. The zero-order valence-electron chi connectivity index (χ0n) is 13.8. The maximum absolute atomic E-state index is 11.6. The molecule has 0 unspecified atom stereocenters. The van der Waals surface area contributed by atoms with Gasteiger partial charge in [-0.25, -0.2) is 9.78 Å². The molecule has 5 heteroatoms. The third-order valence-electron chi connectivity index (χ3n) is 4.45. The molecule has 0 fully saturated rings. The SMILES string of the molecule is COC(=O)c1ccc2ccc(CC(C)(C)[Si](C)(C)O)cc2n1. The van der Waals surface area contributed by atoms with Gasteiger partial charge >= 0.3 is 5.97 Å². The summed E-state index contributed by atoms with van der Waals surface area (Å²) >= 11 is 0. The highest BCUT2D eigenvalue weighted by Crippen LogP contribution is 2.38. The predicted molar refractivity (Wildman–Crippen MR) is 90.5 cm³/mol. The van der Waals surface area contributed by atoms with Crippen molar-refractivity contribution in [3.05, 3.63) is 41.6 Å². The highest BCUT2D eigenvalue weighted by molar-refractivity contribution is 6.72. The minimum absolute atomic E-state index is 0.138. The van der Waals surface area contributed by atoms with Crippen molar-refractivity contribution in [1.29, 1.82) is 0 Å². The molecule has 0 radical (unpaired) electrons. The van der Waals surface area contributed by atoms with E-state index in [1.807, 2.05) is 31.3 Å². The van der Waals surface area contributed by atoms with Crippen molar-refractivity contribution >= 4 is 25.2 Å². The summed E-state index contributed by atoms with van der Waals surface area (Å²) in [7, 11) is -0.916. The van der Waals surface area contributed by atoms with Crippen molar-refractivity contribution in [2.45, 2.75) is 38.4 Å². The molecule has 4 nitrogen and oxygen atoms in total. The highest BCUT2D eigenvalue weighted by atomic mass is 28.4. The van der Waals surface area contributed by atoms with Crippen LogP contribution in [0, 0.1) is 0 Å². The number of aromatic nitrogens is 1. The number of hydrogen-bond donors (Lipinski definition) is 1. The summed E-state index contributed by atoms with van der Waals surface area (Å²) in [4.78, 5) is 26.4. The Labute approximate surface area is 132 Å². The van der Waals surface area contributed by atoms with E-state index in [-0.39, 0.29) is 5.04 Å². The number of benzene rings is 1. The fourth-order valence-electron chi connectivity index (χ4n) is 2.22. The van der Waals surface area contributed by atoms with E-state index in [4.69, 9.17) is 4.74 Å². The maximum Gasteiger partial charge on any atom is 0.356 e. The van der Waals surface area contributed by atoms with Crippen LogP contribution in [0.4, 0.5) is 0 Å². The summed E-state index contributed by atoms with van der Waals surface area (Å²) in [6.45, 7) is 8.12. The smallest absolute Gasteiger partial charge is 0.356 e. The standard InChI is InChI=1S/C17H23NO3Si/c1-17(2,22(4,5)20)11-12-6-7-13-8-9-14(16(19)21-3)18-15(13)10-12/h6-10,20H,11H2,1-5H3. The molecule has 0 bridgehead atoms. The van der Waals surface area contributed by atoms with Gasteiger partial charge in [-0.2, -0.15) is 0 Å². The van der Waals surface area contributed by atoms with Crippen molar-refractivity contribution in [2.24, 2.45) is 0 Å². The Morgan fingerprint density at radius 3 is 2.50 bits per heavy atom. The molecule has 0 atom stereocenters. The van der Waals surface area contributed by atoms with E-state index in [1.54, 1.807) is 6.07 Å². The predicted octanol–water partition coefficient (Wildman–Crippen LogP) is 3.54. The zero-order valence-corrected chi connectivity index (χ0v) is 14.8. The van der Waals surface area contributed by atoms with Crippen LogP contribution in [0.25, 0.3) is 10.9 Å². The largest absolute Gasteiger partial charge is 0.464 e. The summed E-state index contributed by atoms with van der Waals surface area (Å²) in [6.07, 6.45) is 0.781. The molecule has 118 valence electrons. The quantitative estimate of drug-likeness (QED) is 0.692. The van der Waals surface area contributed by atoms with E-state index < -0.39 is 14.3 Å². The number of methoxy groups -OCH3 is 1. The maximum atomic E-state index is 11.6. The van der Waals surface area contributed by atoms with Gasteiger partial charge in [-0.15, -0.1) is 0 Å². The minimum Gasteiger partial charge on any atom is -0.464 e. The fraction of sp³-hybridized carbons (Fsp3) is 0.412. The number of esters is 1. The van der Waals surface area contributed by atoms with Crippen LogP contribution in [0.15, 0.2) is 30.3 Å². The topological polar surface area (TPSA) is 59.4 Å². The Morgan fingerprint density at radius 1 is 1.27 bits per heavy atom. The first kappa shape index (κ1) is 16.6.